The van der Waals surface area contributed by atoms with Gasteiger partial charge in [-0.25, -0.2) is 21.9 Å². The molecule has 0 aliphatic heterocycles. The van der Waals surface area contributed by atoms with Crippen LogP contribution in [0.1, 0.15) is 16.1 Å². The van der Waals surface area contributed by atoms with Gasteiger partial charge in [0.25, 0.3) is 11.5 Å². The quantitative estimate of drug-likeness (QED) is 0.326. The number of nitrogens with one attached hydrogen (secondary N) is 2. The zero-order chi connectivity index (χ0) is 26.3. The first-order valence-electron chi connectivity index (χ1n) is 11.0. The number of halogens is 2. The van der Waals surface area contributed by atoms with Crippen LogP contribution in [-0.2, 0) is 16.6 Å². The summed E-state index contributed by atoms with van der Waals surface area (Å²) in [4.78, 5) is 29.8. The van der Waals surface area contributed by atoms with Crippen LogP contribution in [0.25, 0.3) is 32.5 Å². The van der Waals surface area contributed by atoms with E-state index in [2.05, 4.69) is 4.98 Å². The number of rotatable bonds is 6. The number of aromatic amines is 1. The molecule has 5 rings (SSSR count). The monoisotopic (exact) mass is 539 g/mol. The van der Waals surface area contributed by atoms with E-state index >= 15 is 0 Å². The van der Waals surface area contributed by atoms with E-state index in [4.69, 9.17) is 0 Å². The maximum atomic E-state index is 14.7. The fraction of sp³-hybridized carbons (Fsp3) is 0.0769. The third-order valence-corrected chi connectivity index (χ3v) is 7.27. The van der Waals surface area contributed by atoms with Gasteiger partial charge in [-0.05, 0) is 47.3 Å². The zero-order valence-corrected chi connectivity index (χ0v) is 20.9. The number of sulfonamides is 1. The molecule has 2 N–H and O–H groups in total. The molecule has 7 nitrogen and oxygen atoms in total. The number of thiophene rings is 1. The smallest absolute Gasteiger partial charge is 0.282 e. The van der Waals surface area contributed by atoms with Crippen molar-refractivity contribution >= 4 is 38.2 Å². The third-order valence-electron chi connectivity index (χ3n) is 5.79. The van der Waals surface area contributed by atoms with Crippen LogP contribution in [0.5, 0.6) is 0 Å². The second kappa shape index (κ2) is 9.41. The lowest BCUT2D eigenvalue weighted by atomic mass is 10.0. The Bertz CT molecular complexity index is 1820. The summed E-state index contributed by atoms with van der Waals surface area (Å²) in [6, 6.07) is 15.3. The number of hydrogen-bond donors (Lipinski definition) is 2. The van der Waals surface area contributed by atoms with E-state index in [-0.39, 0.29) is 28.9 Å². The van der Waals surface area contributed by atoms with Gasteiger partial charge in [-0.1, -0.05) is 18.2 Å². The Kier molecular flexibility index (Phi) is 6.26. The van der Waals surface area contributed by atoms with E-state index in [0.29, 0.717) is 10.9 Å². The minimum Gasteiger partial charge on any atom is -0.331 e. The van der Waals surface area contributed by atoms with Gasteiger partial charge in [-0.3, -0.25) is 9.59 Å². The maximum absolute atomic E-state index is 14.7. The van der Waals surface area contributed by atoms with Gasteiger partial charge >= 0.3 is 0 Å². The van der Waals surface area contributed by atoms with Gasteiger partial charge in [0.05, 0.1) is 12.8 Å². The molecule has 188 valence electrons. The summed E-state index contributed by atoms with van der Waals surface area (Å²) in [5.41, 5.74) is 1.03. The molecule has 0 aliphatic carbocycles. The molecule has 0 spiro atoms. The molecule has 0 atom stereocenters. The topological polar surface area (TPSA) is 101 Å². The number of hydrogen-bond acceptors (Lipinski definition) is 5. The summed E-state index contributed by atoms with van der Waals surface area (Å²) in [6.45, 7) is -0.224. The van der Waals surface area contributed by atoms with Gasteiger partial charge in [0.2, 0.25) is 10.0 Å². The molecular weight excluding hydrogens is 520 g/mol. The molecule has 3 aromatic heterocycles. The van der Waals surface area contributed by atoms with Crippen molar-refractivity contribution < 1.29 is 22.0 Å². The number of benzene rings is 2. The highest BCUT2D eigenvalue weighted by Crippen LogP contribution is 2.38. The summed E-state index contributed by atoms with van der Waals surface area (Å²) >= 11 is 1.50. The Balaban J connectivity index is 1.87. The van der Waals surface area contributed by atoms with E-state index in [0.717, 1.165) is 28.8 Å². The van der Waals surface area contributed by atoms with Crippen molar-refractivity contribution in [1.29, 1.82) is 0 Å². The van der Waals surface area contributed by atoms with Crippen LogP contribution in [0.3, 0.4) is 0 Å². The molecule has 11 heteroatoms. The fourth-order valence-corrected chi connectivity index (χ4v) is 5.44. The number of pyridine rings is 1. The lowest BCUT2D eigenvalue weighted by Crippen LogP contribution is -2.32. The Morgan fingerprint density at radius 1 is 1.08 bits per heavy atom. The minimum absolute atomic E-state index is 0.0718. The highest BCUT2D eigenvalue weighted by molar-refractivity contribution is 7.89. The van der Waals surface area contributed by atoms with Gasteiger partial charge in [-0.2, -0.15) is 0 Å². The molecule has 37 heavy (non-hydrogen) atoms. The van der Waals surface area contributed by atoms with Crippen LogP contribution in [0.2, 0.25) is 0 Å². The first-order valence-corrected chi connectivity index (χ1v) is 13.7. The van der Waals surface area contributed by atoms with Crippen LogP contribution in [0, 0.1) is 11.6 Å². The van der Waals surface area contributed by atoms with Crippen LogP contribution in [0.4, 0.5) is 8.78 Å². The van der Waals surface area contributed by atoms with Crippen LogP contribution in [0.15, 0.2) is 77.0 Å². The number of fused-ring (bicyclic) bond motifs is 1. The van der Waals surface area contributed by atoms with E-state index in [9.17, 15) is 26.8 Å². The SMILES string of the molecule is CS(=O)(=O)NC(=O)c1c(-c2ccc[nH]c2=O)c2cc(-c3cccs3)ccc2n1Cc1ccc(F)cc1F. The number of H-pyrrole nitrogens is 1. The largest absolute Gasteiger partial charge is 0.331 e. The van der Waals surface area contributed by atoms with E-state index in [1.54, 1.807) is 18.2 Å². The van der Waals surface area contributed by atoms with Crippen LogP contribution in [-0.4, -0.2) is 30.1 Å². The number of carbonyl (C=O) groups is 1. The van der Waals surface area contributed by atoms with Crippen LogP contribution >= 0.6 is 11.3 Å². The Morgan fingerprint density at radius 3 is 2.57 bits per heavy atom. The van der Waals surface area contributed by atoms with E-state index in [1.807, 2.05) is 28.3 Å². The molecule has 0 radical (unpaired) electrons. The molecule has 1 amide bonds. The van der Waals surface area contributed by atoms with Crippen molar-refractivity contribution in [3.8, 4) is 21.6 Å². The zero-order valence-electron chi connectivity index (χ0n) is 19.3. The summed E-state index contributed by atoms with van der Waals surface area (Å²) in [5.74, 6) is -2.58. The molecule has 0 fully saturated rings. The second-order valence-corrected chi connectivity index (χ2v) is 11.1. The standard InChI is InChI=1S/C26H19F2N3O4S2/c1-37(34,35)30-26(33)24-23(18-4-2-10-29-25(18)32)19-12-15(22-5-3-11-36-22)7-9-21(19)31(24)14-16-6-8-17(27)13-20(16)28/h2-13H,14H2,1H3,(H,29,32)(H,30,33). The lowest BCUT2D eigenvalue weighted by Gasteiger charge is -2.13. The molecule has 0 unspecified atom stereocenters. The van der Waals surface area contributed by atoms with Crippen molar-refractivity contribution in [3.63, 3.8) is 0 Å². The minimum atomic E-state index is -3.99. The Morgan fingerprint density at radius 2 is 1.89 bits per heavy atom. The summed E-state index contributed by atoms with van der Waals surface area (Å²) in [7, 11) is -3.99. The summed E-state index contributed by atoms with van der Waals surface area (Å²) in [5, 5.41) is 2.40. The number of carbonyl (C=O) groups excluding carboxylic acids is 1. The molecule has 0 saturated heterocycles. The molecule has 0 aliphatic rings. The maximum Gasteiger partial charge on any atom is 0.282 e. The van der Waals surface area contributed by atoms with Gasteiger partial charge in [-0.15, -0.1) is 11.3 Å². The van der Waals surface area contributed by atoms with Gasteiger partial charge in [0.1, 0.15) is 17.3 Å². The molecular formula is C26H19F2N3O4S2. The first-order chi connectivity index (χ1) is 17.6. The predicted molar refractivity (Wildman–Crippen MR) is 139 cm³/mol. The van der Waals surface area contributed by atoms with Gasteiger partial charge in [0.15, 0.2) is 0 Å². The van der Waals surface area contributed by atoms with Crippen molar-refractivity contribution in [2.75, 3.05) is 6.26 Å². The fourth-order valence-electron chi connectivity index (χ4n) is 4.28. The van der Waals surface area contributed by atoms with Crippen molar-refractivity contribution in [2.45, 2.75) is 6.54 Å². The predicted octanol–water partition coefficient (Wildman–Crippen LogP) is 4.74. The van der Waals surface area contributed by atoms with Crippen molar-refractivity contribution in [3.05, 3.63) is 105 Å². The van der Waals surface area contributed by atoms with Crippen LogP contribution < -0.4 is 10.3 Å². The normalized spacial score (nSPS) is 11.6. The Labute approximate surface area is 214 Å². The second-order valence-electron chi connectivity index (χ2n) is 8.37. The lowest BCUT2D eigenvalue weighted by molar-refractivity contribution is 0.0974. The highest BCUT2D eigenvalue weighted by atomic mass is 32.2. The Hall–Kier alpha value is -4.09. The van der Waals surface area contributed by atoms with E-state index in [1.165, 1.54) is 34.2 Å². The summed E-state index contributed by atoms with van der Waals surface area (Å²) in [6.07, 6.45) is 2.27. The average Bonchev–Trinajstić information content (AvgIpc) is 3.47. The number of nitrogens with zero attached hydrogens (tertiary/aromatic N) is 1. The average molecular weight is 540 g/mol. The molecule has 0 saturated carbocycles. The first kappa shape index (κ1) is 24.6. The third kappa shape index (κ3) is 4.83. The summed E-state index contributed by atoms with van der Waals surface area (Å²) < 4.78 is 55.7. The van der Waals surface area contributed by atoms with Gasteiger partial charge < -0.3 is 9.55 Å². The molecule has 0 bridgehead atoms. The molecule has 2 aromatic carbocycles. The number of aromatic nitrogens is 2. The molecule has 3 heterocycles. The van der Waals surface area contributed by atoms with Crippen molar-refractivity contribution in [1.82, 2.24) is 14.3 Å². The highest BCUT2D eigenvalue weighted by Gasteiger charge is 2.28. The van der Waals surface area contributed by atoms with Crippen molar-refractivity contribution in [2.24, 2.45) is 0 Å². The molecule has 5 aromatic rings. The van der Waals surface area contributed by atoms with Gasteiger partial charge in [0, 0.05) is 44.7 Å². The number of amides is 1. The van der Waals surface area contributed by atoms with E-state index < -0.39 is 33.1 Å².